The van der Waals surface area contributed by atoms with Crippen LogP contribution < -0.4 is 9.64 Å². The van der Waals surface area contributed by atoms with Crippen LogP contribution in [0.5, 0.6) is 5.75 Å². The van der Waals surface area contributed by atoms with Crippen molar-refractivity contribution in [1.82, 2.24) is 4.98 Å². The molecular weight excluding hydrogens is 256 g/mol. The van der Waals surface area contributed by atoms with Crippen molar-refractivity contribution in [2.75, 3.05) is 26.2 Å². The Morgan fingerprint density at radius 1 is 1.20 bits per heavy atom. The molecule has 0 bridgehead atoms. The van der Waals surface area contributed by atoms with Gasteiger partial charge in [-0.15, -0.1) is 0 Å². The normalized spacial score (nSPS) is 9.95. The first kappa shape index (κ1) is 13.9. The molecule has 1 aromatic heterocycles. The van der Waals surface area contributed by atoms with E-state index < -0.39 is 0 Å². The third-order valence-corrected chi connectivity index (χ3v) is 2.96. The van der Waals surface area contributed by atoms with E-state index in [2.05, 4.69) is 4.98 Å². The average molecular weight is 272 g/mol. The van der Waals surface area contributed by atoms with Crippen LogP contribution in [0.1, 0.15) is 10.4 Å². The molecule has 0 unspecified atom stereocenters. The first-order chi connectivity index (χ1) is 9.67. The van der Waals surface area contributed by atoms with E-state index in [-0.39, 0.29) is 5.97 Å². The summed E-state index contributed by atoms with van der Waals surface area (Å²) in [5.74, 6) is 0.986. The third kappa shape index (κ3) is 2.71. The Morgan fingerprint density at radius 2 is 1.95 bits per heavy atom. The number of ether oxygens (including phenoxy) is 2. The van der Waals surface area contributed by atoms with Crippen LogP contribution in [0.2, 0.25) is 0 Å². The lowest BCUT2D eigenvalue weighted by atomic mass is 10.2. The van der Waals surface area contributed by atoms with E-state index in [1.165, 1.54) is 7.11 Å². The first-order valence-electron chi connectivity index (χ1n) is 6.08. The van der Waals surface area contributed by atoms with Crippen molar-refractivity contribution < 1.29 is 14.3 Å². The number of hydrogen-bond donors (Lipinski definition) is 0. The number of benzene rings is 1. The van der Waals surface area contributed by atoms with Gasteiger partial charge in [-0.05, 0) is 24.3 Å². The van der Waals surface area contributed by atoms with Gasteiger partial charge in [-0.1, -0.05) is 12.1 Å². The summed E-state index contributed by atoms with van der Waals surface area (Å²) in [6, 6.07) is 10.9. The highest BCUT2D eigenvalue weighted by Gasteiger charge is 2.13. The minimum Gasteiger partial charge on any atom is -0.495 e. The first-order valence-corrected chi connectivity index (χ1v) is 6.08. The Balaban J connectivity index is 2.38. The maximum atomic E-state index is 11.6. The van der Waals surface area contributed by atoms with Gasteiger partial charge in [0.1, 0.15) is 11.6 Å². The van der Waals surface area contributed by atoms with E-state index in [0.29, 0.717) is 11.4 Å². The second-order valence-electron chi connectivity index (χ2n) is 4.13. The summed E-state index contributed by atoms with van der Waals surface area (Å²) in [5.41, 5.74) is 1.32. The number of carbonyl (C=O) groups is 1. The number of carbonyl (C=O) groups excluding carboxylic acids is 1. The smallest absolute Gasteiger partial charge is 0.338 e. The molecule has 0 aliphatic heterocycles. The minimum atomic E-state index is -0.387. The lowest BCUT2D eigenvalue weighted by Crippen LogP contribution is -2.13. The molecule has 0 aliphatic carbocycles. The van der Waals surface area contributed by atoms with Gasteiger partial charge in [0, 0.05) is 13.2 Å². The van der Waals surface area contributed by atoms with Gasteiger partial charge < -0.3 is 14.4 Å². The topological polar surface area (TPSA) is 51.7 Å². The van der Waals surface area contributed by atoms with Gasteiger partial charge in [0.25, 0.3) is 0 Å². The highest BCUT2D eigenvalue weighted by atomic mass is 16.5. The number of methoxy groups -OCH3 is 2. The average Bonchev–Trinajstić information content (AvgIpc) is 2.53. The number of rotatable bonds is 4. The Labute approximate surface area is 117 Å². The number of para-hydroxylation sites is 2. The van der Waals surface area contributed by atoms with Crippen molar-refractivity contribution in [3.63, 3.8) is 0 Å². The Bertz CT molecular complexity index is 614. The number of anilines is 2. The molecule has 1 heterocycles. The SMILES string of the molecule is COC(=O)c1ccnc(N(C)c2ccccc2OC)c1. The fourth-order valence-corrected chi connectivity index (χ4v) is 1.88. The molecule has 0 fully saturated rings. The van der Waals surface area contributed by atoms with Gasteiger partial charge in [-0.3, -0.25) is 0 Å². The fraction of sp³-hybridized carbons (Fsp3) is 0.200. The quantitative estimate of drug-likeness (QED) is 0.801. The molecule has 1 aromatic carbocycles. The Morgan fingerprint density at radius 3 is 2.65 bits per heavy atom. The van der Waals surface area contributed by atoms with Crippen molar-refractivity contribution in [2.24, 2.45) is 0 Å². The van der Waals surface area contributed by atoms with Gasteiger partial charge in [0.15, 0.2) is 0 Å². The molecule has 5 nitrogen and oxygen atoms in total. The van der Waals surface area contributed by atoms with Crippen molar-refractivity contribution in [3.05, 3.63) is 48.2 Å². The van der Waals surface area contributed by atoms with Crippen LogP contribution in [0, 0.1) is 0 Å². The summed E-state index contributed by atoms with van der Waals surface area (Å²) in [7, 11) is 4.83. The summed E-state index contributed by atoms with van der Waals surface area (Å²) < 4.78 is 10.0. The van der Waals surface area contributed by atoms with Crippen molar-refractivity contribution in [3.8, 4) is 5.75 Å². The van der Waals surface area contributed by atoms with Gasteiger partial charge in [-0.25, -0.2) is 9.78 Å². The summed E-state index contributed by atoms with van der Waals surface area (Å²) in [6.45, 7) is 0. The van der Waals surface area contributed by atoms with Gasteiger partial charge in [-0.2, -0.15) is 0 Å². The van der Waals surface area contributed by atoms with Gasteiger partial charge >= 0.3 is 5.97 Å². The Kier molecular flexibility index (Phi) is 4.20. The molecule has 0 atom stereocenters. The van der Waals surface area contributed by atoms with Crippen LogP contribution >= 0.6 is 0 Å². The summed E-state index contributed by atoms with van der Waals surface area (Å²) in [4.78, 5) is 17.7. The predicted octanol–water partition coefficient (Wildman–Crippen LogP) is 2.64. The van der Waals surface area contributed by atoms with E-state index in [0.717, 1.165) is 11.4 Å². The molecule has 0 aliphatic rings. The molecular formula is C15H16N2O3. The van der Waals surface area contributed by atoms with E-state index in [4.69, 9.17) is 9.47 Å². The molecule has 5 heteroatoms. The van der Waals surface area contributed by atoms with E-state index in [9.17, 15) is 4.79 Å². The number of aromatic nitrogens is 1. The van der Waals surface area contributed by atoms with Crippen LogP contribution in [0.25, 0.3) is 0 Å². The maximum absolute atomic E-state index is 11.6. The zero-order chi connectivity index (χ0) is 14.5. The van der Waals surface area contributed by atoms with Crippen molar-refractivity contribution in [2.45, 2.75) is 0 Å². The monoisotopic (exact) mass is 272 g/mol. The summed E-state index contributed by atoms with van der Waals surface area (Å²) in [6.07, 6.45) is 1.58. The molecule has 2 aromatic rings. The van der Waals surface area contributed by atoms with Crippen molar-refractivity contribution in [1.29, 1.82) is 0 Å². The second-order valence-corrected chi connectivity index (χ2v) is 4.13. The largest absolute Gasteiger partial charge is 0.495 e. The molecule has 104 valence electrons. The van der Waals surface area contributed by atoms with Crippen LogP contribution in [0.4, 0.5) is 11.5 Å². The zero-order valence-electron chi connectivity index (χ0n) is 11.7. The number of pyridine rings is 1. The van der Waals surface area contributed by atoms with Crippen LogP contribution in [0.15, 0.2) is 42.6 Å². The molecule has 2 rings (SSSR count). The van der Waals surface area contributed by atoms with E-state index in [1.54, 1.807) is 25.4 Å². The molecule has 0 radical (unpaired) electrons. The minimum absolute atomic E-state index is 0.387. The van der Waals surface area contributed by atoms with Crippen LogP contribution in [-0.4, -0.2) is 32.2 Å². The van der Waals surface area contributed by atoms with Gasteiger partial charge in [0.05, 0.1) is 25.5 Å². The second kappa shape index (κ2) is 6.06. The zero-order valence-corrected chi connectivity index (χ0v) is 11.7. The van der Waals surface area contributed by atoms with Crippen LogP contribution in [-0.2, 0) is 4.74 Å². The third-order valence-electron chi connectivity index (χ3n) is 2.96. The number of nitrogens with zero attached hydrogens (tertiary/aromatic N) is 2. The maximum Gasteiger partial charge on any atom is 0.338 e. The Hall–Kier alpha value is -2.56. The fourth-order valence-electron chi connectivity index (χ4n) is 1.88. The molecule has 0 saturated carbocycles. The van der Waals surface area contributed by atoms with E-state index >= 15 is 0 Å². The van der Waals surface area contributed by atoms with Crippen molar-refractivity contribution >= 4 is 17.5 Å². The molecule has 0 spiro atoms. The summed E-state index contributed by atoms with van der Waals surface area (Å²) in [5, 5.41) is 0. The lowest BCUT2D eigenvalue weighted by Gasteiger charge is -2.21. The molecule has 0 saturated heterocycles. The standard InChI is InChI=1S/C15H16N2O3/c1-17(12-6-4-5-7-13(12)19-2)14-10-11(8-9-16-14)15(18)20-3/h4-10H,1-3H3. The lowest BCUT2D eigenvalue weighted by molar-refractivity contribution is 0.0600. The molecule has 0 N–H and O–H groups in total. The molecule has 0 amide bonds. The summed E-state index contributed by atoms with van der Waals surface area (Å²) >= 11 is 0. The van der Waals surface area contributed by atoms with Gasteiger partial charge in [0.2, 0.25) is 0 Å². The van der Waals surface area contributed by atoms with E-state index in [1.807, 2.05) is 36.2 Å². The predicted molar refractivity (Wildman–Crippen MR) is 76.6 cm³/mol. The highest BCUT2D eigenvalue weighted by molar-refractivity contribution is 5.90. The highest BCUT2D eigenvalue weighted by Crippen LogP contribution is 2.31. The number of esters is 1. The molecule has 20 heavy (non-hydrogen) atoms. The number of hydrogen-bond acceptors (Lipinski definition) is 5. The van der Waals surface area contributed by atoms with Crippen LogP contribution in [0.3, 0.4) is 0 Å².